The van der Waals surface area contributed by atoms with Crippen LogP contribution in [0.5, 0.6) is 0 Å². The van der Waals surface area contributed by atoms with E-state index >= 15 is 0 Å². The van der Waals surface area contributed by atoms with E-state index in [1.165, 1.54) is 22.4 Å². The number of fused-ring (bicyclic) bond motifs is 1. The number of nitrogens with zero attached hydrogens (tertiary/aromatic N) is 2. The largest absolute Gasteiger partial charge is 0.462 e. The summed E-state index contributed by atoms with van der Waals surface area (Å²) in [5, 5.41) is 17.4. The van der Waals surface area contributed by atoms with Crippen LogP contribution in [0.2, 0.25) is 0 Å². The van der Waals surface area contributed by atoms with E-state index < -0.39 is 0 Å². The summed E-state index contributed by atoms with van der Waals surface area (Å²) in [7, 11) is 0. The molecule has 0 radical (unpaired) electrons. The normalized spacial score (nSPS) is 14.2. The van der Waals surface area contributed by atoms with E-state index in [1.807, 2.05) is 12.1 Å². The third-order valence-corrected chi connectivity index (χ3v) is 5.84. The highest BCUT2D eigenvalue weighted by Gasteiger charge is 2.28. The van der Waals surface area contributed by atoms with Gasteiger partial charge in [0.05, 0.1) is 18.2 Å². The molecule has 1 aliphatic heterocycles. The molecule has 4 aromatic rings. The average molecular weight is 399 g/mol. The molecular weight excluding hydrogens is 374 g/mol. The predicted molar refractivity (Wildman–Crippen MR) is 115 cm³/mol. The third kappa shape index (κ3) is 3.70. The molecular formula is C25H25N3O2. The highest BCUT2D eigenvalue weighted by atomic mass is 16.4. The molecule has 1 aliphatic rings. The first-order valence-electron chi connectivity index (χ1n) is 10.4. The van der Waals surface area contributed by atoms with Crippen LogP contribution in [0.3, 0.4) is 0 Å². The molecule has 0 unspecified atom stereocenters. The molecule has 5 rings (SSSR count). The molecule has 0 amide bonds. The Morgan fingerprint density at radius 3 is 2.23 bits per heavy atom. The van der Waals surface area contributed by atoms with Crippen molar-refractivity contribution in [2.24, 2.45) is 0 Å². The Balaban J connectivity index is 1.47. The maximum absolute atomic E-state index is 9.25. The van der Waals surface area contributed by atoms with Crippen molar-refractivity contribution in [3.05, 3.63) is 112 Å². The van der Waals surface area contributed by atoms with Crippen molar-refractivity contribution in [1.82, 2.24) is 15.1 Å². The minimum Gasteiger partial charge on any atom is -0.462 e. The Labute approximate surface area is 176 Å². The van der Waals surface area contributed by atoms with Gasteiger partial charge in [0.15, 0.2) is 0 Å². The van der Waals surface area contributed by atoms with Crippen LogP contribution in [0.4, 0.5) is 0 Å². The molecule has 2 aromatic heterocycles. The van der Waals surface area contributed by atoms with Crippen molar-refractivity contribution in [2.45, 2.75) is 32.0 Å². The number of hydrogen-bond donors (Lipinski definition) is 2. The van der Waals surface area contributed by atoms with Gasteiger partial charge in [0.2, 0.25) is 0 Å². The molecule has 2 aromatic carbocycles. The van der Waals surface area contributed by atoms with Crippen LogP contribution in [0.15, 0.2) is 77.2 Å². The van der Waals surface area contributed by atoms with E-state index in [0.29, 0.717) is 5.76 Å². The molecule has 0 fully saturated rings. The predicted octanol–water partition coefficient (Wildman–Crippen LogP) is 4.23. The smallest absolute Gasteiger partial charge is 0.129 e. The summed E-state index contributed by atoms with van der Waals surface area (Å²) in [6.07, 6.45) is 0.937. The van der Waals surface area contributed by atoms with Gasteiger partial charge in [-0.1, -0.05) is 60.7 Å². The molecule has 5 nitrogen and oxygen atoms in total. The quantitative estimate of drug-likeness (QED) is 0.509. The second-order valence-corrected chi connectivity index (χ2v) is 7.81. The number of hydrogen-bond acceptors (Lipinski definition) is 4. The maximum Gasteiger partial charge on any atom is 0.129 e. The number of H-pyrrole nitrogens is 1. The minimum absolute atomic E-state index is 0.0636. The standard InChI is InChI=1S/C25H25N3O2/c29-17-21-12-11-20(30-21)15-28-14-13-23-22(16-28)25(27-26-23)24(18-7-3-1-4-8-18)19-9-5-2-6-10-19/h1-12,24,29H,13-17H2,(H,26,27). The summed E-state index contributed by atoms with van der Waals surface area (Å²) in [6, 6.07) is 25.0. The zero-order valence-electron chi connectivity index (χ0n) is 16.8. The monoisotopic (exact) mass is 399 g/mol. The summed E-state index contributed by atoms with van der Waals surface area (Å²) >= 11 is 0. The summed E-state index contributed by atoms with van der Waals surface area (Å²) < 4.78 is 5.71. The van der Waals surface area contributed by atoms with Crippen LogP contribution in [-0.4, -0.2) is 26.7 Å². The molecule has 0 aliphatic carbocycles. The van der Waals surface area contributed by atoms with Gasteiger partial charge in [-0.05, 0) is 23.3 Å². The third-order valence-electron chi connectivity index (χ3n) is 5.84. The lowest BCUT2D eigenvalue weighted by molar-refractivity contribution is 0.207. The van der Waals surface area contributed by atoms with Gasteiger partial charge in [-0.2, -0.15) is 5.10 Å². The van der Waals surface area contributed by atoms with Gasteiger partial charge < -0.3 is 9.52 Å². The van der Waals surface area contributed by atoms with Crippen molar-refractivity contribution < 1.29 is 9.52 Å². The zero-order valence-corrected chi connectivity index (χ0v) is 16.8. The van der Waals surface area contributed by atoms with Gasteiger partial charge in [-0.15, -0.1) is 0 Å². The highest BCUT2D eigenvalue weighted by Crippen LogP contribution is 2.35. The summed E-state index contributed by atoms with van der Waals surface area (Å²) in [5.41, 5.74) is 6.10. The van der Waals surface area contributed by atoms with E-state index in [9.17, 15) is 5.11 Å². The number of aromatic amines is 1. The van der Waals surface area contributed by atoms with E-state index in [4.69, 9.17) is 9.52 Å². The lowest BCUT2D eigenvalue weighted by Crippen LogP contribution is -2.30. The summed E-state index contributed by atoms with van der Waals surface area (Å²) in [6.45, 7) is 2.44. The maximum atomic E-state index is 9.25. The Morgan fingerprint density at radius 1 is 0.933 bits per heavy atom. The molecule has 2 N–H and O–H groups in total. The van der Waals surface area contributed by atoms with Gasteiger partial charge >= 0.3 is 0 Å². The van der Waals surface area contributed by atoms with Crippen molar-refractivity contribution >= 4 is 0 Å². The molecule has 3 heterocycles. The number of rotatable bonds is 6. The lowest BCUT2D eigenvalue weighted by atomic mass is 9.85. The van der Waals surface area contributed by atoms with Crippen LogP contribution in [0.1, 0.15) is 45.5 Å². The number of aromatic nitrogens is 2. The second kappa shape index (κ2) is 8.30. The molecule has 0 saturated carbocycles. The fourth-order valence-electron chi connectivity index (χ4n) is 4.36. The molecule has 152 valence electrons. The van der Waals surface area contributed by atoms with Gasteiger partial charge in [0.25, 0.3) is 0 Å². The average Bonchev–Trinajstić information content (AvgIpc) is 3.43. The Hall–Kier alpha value is -3.15. The fourth-order valence-corrected chi connectivity index (χ4v) is 4.36. The van der Waals surface area contributed by atoms with Crippen molar-refractivity contribution in [1.29, 1.82) is 0 Å². The van der Waals surface area contributed by atoms with Crippen LogP contribution >= 0.6 is 0 Å². The first-order chi connectivity index (χ1) is 14.8. The van der Waals surface area contributed by atoms with E-state index in [2.05, 4.69) is 70.7 Å². The van der Waals surface area contributed by atoms with Crippen LogP contribution in [0, 0.1) is 0 Å². The molecule has 0 saturated heterocycles. The molecule has 0 spiro atoms. The summed E-state index contributed by atoms with van der Waals surface area (Å²) in [4.78, 5) is 2.38. The Kier molecular flexibility index (Phi) is 5.22. The number of aliphatic hydroxyl groups excluding tert-OH is 1. The van der Waals surface area contributed by atoms with Crippen LogP contribution in [0.25, 0.3) is 0 Å². The Bertz CT molecular complexity index is 1060. The van der Waals surface area contributed by atoms with Gasteiger partial charge in [-0.3, -0.25) is 10.00 Å². The molecule has 0 atom stereocenters. The van der Waals surface area contributed by atoms with Crippen molar-refractivity contribution in [3.63, 3.8) is 0 Å². The van der Waals surface area contributed by atoms with Gasteiger partial charge in [0, 0.05) is 30.8 Å². The summed E-state index contributed by atoms with van der Waals surface area (Å²) in [5.74, 6) is 1.59. The second-order valence-electron chi connectivity index (χ2n) is 7.81. The number of nitrogens with one attached hydrogen (secondary N) is 1. The van der Waals surface area contributed by atoms with E-state index in [-0.39, 0.29) is 12.5 Å². The van der Waals surface area contributed by atoms with Crippen LogP contribution in [-0.2, 0) is 26.1 Å². The number of benzene rings is 2. The zero-order chi connectivity index (χ0) is 20.3. The highest BCUT2D eigenvalue weighted by molar-refractivity contribution is 5.45. The van der Waals surface area contributed by atoms with Crippen LogP contribution < -0.4 is 0 Å². The Morgan fingerprint density at radius 2 is 1.60 bits per heavy atom. The van der Waals surface area contributed by atoms with Crippen molar-refractivity contribution in [2.75, 3.05) is 6.54 Å². The molecule has 30 heavy (non-hydrogen) atoms. The first kappa shape index (κ1) is 18.9. The van der Waals surface area contributed by atoms with Crippen molar-refractivity contribution in [3.8, 4) is 0 Å². The fraction of sp³-hybridized carbons (Fsp3) is 0.240. The first-order valence-corrected chi connectivity index (χ1v) is 10.4. The molecule has 5 heteroatoms. The van der Waals surface area contributed by atoms with E-state index in [0.717, 1.165) is 37.5 Å². The molecule has 0 bridgehead atoms. The van der Waals surface area contributed by atoms with Gasteiger partial charge in [-0.25, -0.2) is 0 Å². The van der Waals surface area contributed by atoms with E-state index in [1.54, 1.807) is 0 Å². The van der Waals surface area contributed by atoms with Gasteiger partial charge in [0.1, 0.15) is 18.1 Å². The SMILES string of the molecule is OCc1ccc(CN2CCc3[nH]nc(C(c4ccccc4)c4ccccc4)c3C2)o1. The topological polar surface area (TPSA) is 65.3 Å². The minimum atomic E-state index is -0.0636. The number of furan rings is 1. The number of aliphatic hydroxyl groups is 1. The lowest BCUT2D eigenvalue weighted by Gasteiger charge is -2.27.